The summed E-state index contributed by atoms with van der Waals surface area (Å²) >= 11 is 0. The predicted molar refractivity (Wildman–Crippen MR) is 84.7 cm³/mol. The number of hydrogen-bond acceptors (Lipinski definition) is 3. The normalized spacial score (nSPS) is 23.5. The van der Waals surface area contributed by atoms with Crippen LogP contribution >= 0.6 is 0 Å². The fraction of sp³-hybridized carbons (Fsp3) is 0.588. The minimum absolute atomic E-state index is 0.186. The predicted octanol–water partition coefficient (Wildman–Crippen LogP) is 1.42. The second kappa shape index (κ2) is 6.16. The van der Waals surface area contributed by atoms with Crippen LogP contribution in [-0.2, 0) is 0 Å². The van der Waals surface area contributed by atoms with Crippen LogP contribution in [0.5, 0.6) is 0 Å². The number of carbonyl (C=O) groups is 1. The number of rotatable bonds is 2. The highest BCUT2D eigenvalue weighted by molar-refractivity contribution is 5.94. The zero-order chi connectivity index (χ0) is 14.8. The molecule has 4 nitrogen and oxygen atoms in total. The van der Waals surface area contributed by atoms with Gasteiger partial charge in [0.2, 0.25) is 0 Å². The van der Waals surface area contributed by atoms with Crippen molar-refractivity contribution in [3.05, 3.63) is 34.9 Å². The number of amides is 1. The average molecular weight is 287 g/mol. The second-order valence-corrected chi connectivity index (χ2v) is 6.35. The Morgan fingerprint density at radius 3 is 2.33 bits per heavy atom. The molecular weight excluding hydrogens is 262 g/mol. The topological polar surface area (TPSA) is 35.6 Å². The monoisotopic (exact) mass is 287 g/mol. The first-order valence-electron chi connectivity index (χ1n) is 7.96. The molecule has 1 N–H and O–H groups in total. The van der Waals surface area contributed by atoms with Crippen LogP contribution in [0.25, 0.3) is 0 Å². The third-order valence-electron chi connectivity index (χ3n) is 4.62. The molecule has 0 spiro atoms. The molecule has 21 heavy (non-hydrogen) atoms. The molecule has 0 aromatic heterocycles. The first-order chi connectivity index (χ1) is 10.1. The minimum Gasteiger partial charge on any atom is -0.336 e. The first-order valence-corrected chi connectivity index (χ1v) is 7.96. The van der Waals surface area contributed by atoms with Crippen LogP contribution in [0.1, 0.15) is 27.9 Å². The summed E-state index contributed by atoms with van der Waals surface area (Å²) in [5.74, 6) is 0.186. The Labute approximate surface area is 127 Å². The van der Waals surface area contributed by atoms with E-state index >= 15 is 0 Å². The molecule has 1 atom stereocenters. The molecule has 2 aliphatic rings. The molecule has 3 rings (SSSR count). The van der Waals surface area contributed by atoms with Crippen LogP contribution in [0.2, 0.25) is 0 Å². The fourth-order valence-electron chi connectivity index (χ4n) is 3.52. The van der Waals surface area contributed by atoms with Gasteiger partial charge in [0.15, 0.2) is 0 Å². The maximum atomic E-state index is 12.6. The van der Waals surface area contributed by atoms with Gasteiger partial charge < -0.3 is 10.2 Å². The summed E-state index contributed by atoms with van der Waals surface area (Å²) in [5.41, 5.74) is 3.16. The smallest absolute Gasteiger partial charge is 0.253 e. The summed E-state index contributed by atoms with van der Waals surface area (Å²) in [6.45, 7) is 10.0. The van der Waals surface area contributed by atoms with Crippen LogP contribution in [0.15, 0.2) is 18.2 Å². The van der Waals surface area contributed by atoms with Crippen molar-refractivity contribution in [3.8, 4) is 0 Å². The van der Waals surface area contributed by atoms with Crippen LogP contribution in [-0.4, -0.2) is 61.0 Å². The molecule has 114 valence electrons. The molecule has 0 saturated carbocycles. The Morgan fingerprint density at radius 2 is 1.76 bits per heavy atom. The van der Waals surface area contributed by atoms with E-state index in [-0.39, 0.29) is 5.91 Å². The molecule has 1 aromatic rings. The van der Waals surface area contributed by atoms with E-state index < -0.39 is 0 Å². The lowest BCUT2D eigenvalue weighted by Gasteiger charge is -2.37. The van der Waals surface area contributed by atoms with Crippen LogP contribution in [0.4, 0.5) is 0 Å². The molecule has 1 unspecified atom stereocenters. The highest BCUT2D eigenvalue weighted by Crippen LogP contribution is 2.16. The van der Waals surface area contributed by atoms with Gasteiger partial charge in [-0.25, -0.2) is 0 Å². The average Bonchev–Trinajstić information content (AvgIpc) is 3.00. The second-order valence-electron chi connectivity index (χ2n) is 6.35. The minimum atomic E-state index is 0.186. The molecule has 1 amide bonds. The standard InChI is InChI=1S/C17H25N3O/c1-13-9-14(2)11-15(10-13)17(21)20-7-5-19(6-8-20)16-3-4-18-12-16/h9-11,16,18H,3-8,12H2,1-2H3. The van der Waals surface area contributed by atoms with E-state index in [4.69, 9.17) is 0 Å². The summed E-state index contributed by atoms with van der Waals surface area (Å²) in [6, 6.07) is 6.79. The van der Waals surface area contributed by atoms with Crippen molar-refractivity contribution in [2.45, 2.75) is 26.3 Å². The van der Waals surface area contributed by atoms with E-state index in [1.807, 2.05) is 17.0 Å². The summed E-state index contributed by atoms with van der Waals surface area (Å²) in [4.78, 5) is 17.2. The Bertz CT molecular complexity index is 495. The van der Waals surface area contributed by atoms with Crippen molar-refractivity contribution in [2.75, 3.05) is 39.3 Å². The third kappa shape index (κ3) is 3.27. The fourth-order valence-corrected chi connectivity index (χ4v) is 3.52. The molecule has 2 saturated heterocycles. The van der Waals surface area contributed by atoms with Gasteiger partial charge in [-0.2, -0.15) is 0 Å². The lowest BCUT2D eigenvalue weighted by atomic mass is 10.1. The Morgan fingerprint density at radius 1 is 1.10 bits per heavy atom. The van der Waals surface area contributed by atoms with Crippen LogP contribution in [0.3, 0.4) is 0 Å². The van der Waals surface area contributed by atoms with Gasteiger partial charge in [-0.1, -0.05) is 17.2 Å². The summed E-state index contributed by atoms with van der Waals surface area (Å²) < 4.78 is 0. The molecule has 0 radical (unpaired) electrons. The number of nitrogens with zero attached hydrogens (tertiary/aromatic N) is 2. The third-order valence-corrected chi connectivity index (χ3v) is 4.62. The van der Waals surface area contributed by atoms with E-state index in [1.165, 1.54) is 6.42 Å². The largest absolute Gasteiger partial charge is 0.336 e. The zero-order valence-corrected chi connectivity index (χ0v) is 13.1. The van der Waals surface area contributed by atoms with Gasteiger partial charge in [0, 0.05) is 44.3 Å². The molecule has 2 fully saturated rings. The number of benzene rings is 1. The number of aryl methyl sites for hydroxylation is 2. The quantitative estimate of drug-likeness (QED) is 0.893. The van der Waals surface area contributed by atoms with Crippen molar-refractivity contribution in [1.29, 1.82) is 0 Å². The lowest BCUT2D eigenvalue weighted by Crippen LogP contribution is -2.52. The first kappa shape index (κ1) is 14.5. The van der Waals surface area contributed by atoms with Crippen LogP contribution in [0, 0.1) is 13.8 Å². The molecule has 4 heteroatoms. The summed E-state index contributed by atoms with van der Waals surface area (Å²) in [5, 5.41) is 3.42. The van der Waals surface area contributed by atoms with Gasteiger partial charge >= 0.3 is 0 Å². The molecule has 0 bridgehead atoms. The zero-order valence-electron chi connectivity index (χ0n) is 13.1. The van der Waals surface area contributed by atoms with Gasteiger partial charge in [-0.05, 0) is 38.9 Å². The van der Waals surface area contributed by atoms with Crippen LogP contribution < -0.4 is 5.32 Å². The van der Waals surface area contributed by atoms with E-state index in [9.17, 15) is 4.79 Å². The van der Waals surface area contributed by atoms with Gasteiger partial charge in [0.25, 0.3) is 5.91 Å². The van der Waals surface area contributed by atoms with E-state index in [2.05, 4.69) is 30.1 Å². The van der Waals surface area contributed by atoms with Gasteiger partial charge in [-0.15, -0.1) is 0 Å². The van der Waals surface area contributed by atoms with E-state index in [0.717, 1.165) is 56.0 Å². The summed E-state index contributed by atoms with van der Waals surface area (Å²) in [7, 11) is 0. The van der Waals surface area contributed by atoms with Crippen molar-refractivity contribution in [1.82, 2.24) is 15.1 Å². The Balaban J connectivity index is 1.62. The highest BCUT2D eigenvalue weighted by Gasteiger charge is 2.28. The van der Waals surface area contributed by atoms with Gasteiger partial charge in [0.05, 0.1) is 0 Å². The van der Waals surface area contributed by atoms with Crippen molar-refractivity contribution < 1.29 is 4.79 Å². The lowest BCUT2D eigenvalue weighted by molar-refractivity contribution is 0.0583. The molecular formula is C17H25N3O. The summed E-state index contributed by atoms with van der Waals surface area (Å²) in [6.07, 6.45) is 1.24. The van der Waals surface area contributed by atoms with Gasteiger partial charge in [-0.3, -0.25) is 9.69 Å². The molecule has 2 heterocycles. The number of carbonyl (C=O) groups excluding carboxylic acids is 1. The molecule has 2 aliphatic heterocycles. The van der Waals surface area contributed by atoms with E-state index in [0.29, 0.717) is 6.04 Å². The molecule has 0 aliphatic carbocycles. The Hall–Kier alpha value is -1.39. The van der Waals surface area contributed by atoms with Crippen molar-refractivity contribution in [2.24, 2.45) is 0 Å². The maximum Gasteiger partial charge on any atom is 0.253 e. The van der Waals surface area contributed by atoms with Crippen molar-refractivity contribution >= 4 is 5.91 Å². The number of piperazine rings is 1. The van der Waals surface area contributed by atoms with Gasteiger partial charge in [0.1, 0.15) is 0 Å². The highest BCUT2D eigenvalue weighted by atomic mass is 16.2. The number of hydrogen-bond donors (Lipinski definition) is 1. The van der Waals surface area contributed by atoms with E-state index in [1.54, 1.807) is 0 Å². The molecule has 1 aromatic carbocycles. The maximum absolute atomic E-state index is 12.6. The SMILES string of the molecule is Cc1cc(C)cc(C(=O)N2CCN(C3CCNC3)CC2)c1. The number of nitrogens with one attached hydrogen (secondary N) is 1. The van der Waals surface area contributed by atoms with Crippen molar-refractivity contribution in [3.63, 3.8) is 0 Å². The Kier molecular flexibility index (Phi) is 4.27.